The third-order valence-electron chi connectivity index (χ3n) is 4.57. The molecule has 0 atom stereocenters. The highest BCUT2D eigenvalue weighted by Crippen LogP contribution is 2.13. The molecule has 4 rings (SSSR count). The van der Waals surface area contributed by atoms with Crippen molar-refractivity contribution in [2.75, 3.05) is 26.2 Å². The first kappa shape index (κ1) is 15.8. The molecule has 25 heavy (non-hydrogen) atoms. The maximum Gasteiger partial charge on any atom is 0.272 e. The molecule has 0 unspecified atom stereocenters. The lowest BCUT2D eigenvalue weighted by atomic mass is 10.3. The fourth-order valence-electron chi connectivity index (χ4n) is 3.27. The van der Waals surface area contributed by atoms with Crippen LogP contribution >= 0.6 is 0 Å². The summed E-state index contributed by atoms with van der Waals surface area (Å²) in [6.07, 6.45) is 4.56. The second-order valence-corrected chi connectivity index (χ2v) is 6.47. The lowest BCUT2D eigenvalue weighted by Gasteiger charge is -2.21. The topological polar surface area (TPSA) is 66.9 Å². The molecule has 0 saturated carbocycles. The number of hydrogen-bond acceptors (Lipinski definition) is 5. The number of amides is 1. The molecule has 3 aromatic heterocycles. The van der Waals surface area contributed by atoms with Gasteiger partial charge in [0.2, 0.25) is 0 Å². The van der Waals surface area contributed by atoms with Crippen molar-refractivity contribution in [2.24, 2.45) is 0 Å². The minimum absolute atomic E-state index is 0.00262. The standard InChI is InChI=1S/C18H21N5O2/c1-14-10-15(20-25-14)12-21-5-3-7-22(9-8-21)18(24)17-11-16-4-2-6-23(16)13-19-17/h2,4,6,10-11,13H,3,5,7-9,12H2,1H3. The number of carbonyl (C=O) groups excluding carboxylic acids is 1. The van der Waals surface area contributed by atoms with Crippen molar-refractivity contribution in [2.45, 2.75) is 19.9 Å². The maximum atomic E-state index is 12.8. The second-order valence-electron chi connectivity index (χ2n) is 6.47. The average molecular weight is 339 g/mol. The molecule has 0 bridgehead atoms. The Kier molecular flexibility index (Phi) is 4.23. The number of fused-ring (bicyclic) bond motifs is 1. The van der Waals surface area contributed by atoms with Crippen LogP contribution in [0.3, 0.4) is 0 Å². The third kappa shape index (κ3) is 3.41. The largest absolute Gasteiger partial charge is 0.361 e. The molecule has 130 valence electrons. The number of aromatic nitrogens is 3. The van der Waals surface area contributed by atoms with Crippen LogP contribution in [0.1, 0.15) is 28.4 Å². The van der Waals surface area contributed by atoms with E-state index in [1.807, 2.05) is 46.7 Å². The van der Waals surface area contributed by atoms with E-state index >= 15 is 0 Å². The van der Waals surface area contributed by atoms with Gasteiger partial charge in [-0.3, -0.25) is 9.69 Å². The first-order valence-corrected chi connectivity index (χ1v) is 8.55. The molecule has 4 heterocycles. The van der Waals surface area contributed by atoms with Gasteiger partial charge in [0.25, 0.3) is 5.91 Å². The predicted molar refractivity (Wildman–Crippen MR) is 92.2 cm³/mol. The van der Waals surface area contributed by atoms with Crippen molar-refractivity contribution >= 4 is 11.4 Å². The van der Waals surface area contributed by atoms with Crippen LogP contribution in [0.25, 0.3) is 5.52 Å². The number of carbonyl (C=O) groups is 1. The van der Waals surface area contributed by atoms with Crippen molar-refractivity contribution in [1.82, 2.24) is 24.3 Å². The van der Waals surface area contributed by atoms with E-state index in [-0.39, 0.29) is 5.91 Å². The highest BCUT2D eigenvalue weighted by atomic mass is 16.5. The molecule has 7 nitrogen and oxygen atoms in total. The van der Waals surface area contributed by atoms with E-state index < -0.39 is 0 Å². The van der Waals surface area contributed by atoms with Gasteiger partial charge in [0, 0.05) is 50.5 Å². The molecule has 1 aliphatic rings. The Morgan fingerprint density at radius 2 is 2.16 bits per heavy atom. The second kappa shape index (κ2) is 6.68. The van der Waals surface area contributed by atoms with Crippen LogP contribution in [-0.4, -0.2) is 56.4 Å². The van der Waals surface area contributed by atoms with Gasteiger partial charge < -0.3 is 13.8 Å². The molecular weight excluding hydrogens is 318 g/mol. The lowest BCUT2D eigenvalue weighted by molar-refractivity contribution is 0.0755. The van der Waals surface area contributed by atoms with Crippen molar-refractivity contribution in [3.63, 3.8) is 0 Å². The maximum absolute atomic E-state index is 12.8. The summed E-state index contributed by atoms with van der Waals surface area (Å²) in [5, 5.41) is 4.06. The van der Waals surface area contributed by atoms with Gasteiger partial charge in [-0.2, -0.15) is 0 Å². The van der Waals surface area contributed by atoms with Crippen LogP contribution in [0.5, 0.6) is 0 Å². The van der Waals surface area contributed by atoms with Gasteiger partial charge in [-0.1, -0.05) is 5.16 Å². The Hall–Kier alpha value is -2.67. The number of rotatable bonds is 3. The van der Waals surface area contributed by atoms with E-state index in [0.717, 1.165) is 49.6 Å². The summed E-state index contributed by atoms with van der Waals surface area (Å²) in [4.78, 5) is 21.3. The number of nitrogens with zero attached hydrogens (tertiary/aromatic N) is 5. The molecule has 7 heteroatoms. The zero-order valence-corrected chi connectivity index (χ0v) is 14.3. The quantitative estimate of drug-likeness (QED) is 0.730. The molecule has 1 saturated heterocycles. The summed E-state index contributed by atoms with van der Waals surface area (Å²) in [5.41, 5.74) is 2.43. The summed E-state index contributed by atoms with van der Waals surface area (Å²) in [5.74, 6) is 0.830. The predicted octanol–water partition coefficient (Wildman–Crippen LogP) is 1.98. The van der Waals surface area contributed by atoms with Crippen LogP contribution in [-0.2, 0) is 6.54 Å². The van der Waals surface area contributed by atoms with Gasteiger partial charge >= 0.3 is 0 Å². The molecule has 3 aromatic rings. The zero-order chi connectivity index (χ0) is 17.2. The van der Waals surface area contributed by atoms with Crippen LogP contribution in [0, 0.1) is 6.92 Å². The van der Waals surface area contributed by atoms with Gasteiger partial charge in [-0.25, -0.2) is 4.98 Å². The van der Waals surface area contributed by atoms with Gasteiger partial charge in [0.1, 0.15) is 11.5 Å². The molecule has 0 aliphatic carbocycles. The Morgan fingerprint density at radius 3 is 3.00 bits per heavy atom. The molecule has 0 aromatic carbocycles. The Labute approximate surface area is 145 Å². The first-order valence-electron chi connectivity index (χ1n) is 8.55. The Morgan fingerprint density at radius 1 is 1.24 bits per heavy atom. The molecule has 0 spiro atoms. The van der Waals surface area contributed by atoms with E-state index in [1.54, 1.807) is 6.33 Å². The molecule has 1 amide bonds. The molecule has 0 radical (unpaired) electrons. The minimum atomic E-state index is 0.00262. The highest BCUT2D eigenvalue weighted by molar-refractivity contribution is 5.93. The minimum Gasteiger partial charge on any atom is -0.361 e. The van der Waals surface area contributed by atoms with Crippen LogP contribution in [0.4, 0.5) is 0 Å². The third-order valence-corrected chi connectivity index (χ3v) is 4.57. The Balaban J connectivity index is 1.42. The van der Waals surface area contributed by atoms with E-state index in [1.165, 1.54) is 0 Å². The van der Waals surface area contributed by atoms with Gasteiger partial charge in [-0.05, 0) is 31.5 Å². The van der Waals surface area contributed by atoms with Gasteiger partial charge in [0.05, 0.1) is 12.0 Å². The fraction of sp³-hybridized carbons (Fsp3) is 0.389. The highest BCUT2D eigenvalue weighted by Gasteiger charge is 2.22. The van der Waals surface area contributed by atoms with Crippen LogP contribution < -0.4 is 0 Å². The van der Waals surface area contributed by atoms with Gasteiger partial charge in [-0.15, -0.1) is 0 Å². The first-order chi connectivity index (χ1) is 12.2. The molecule has 0 N–H and O–H groups in total. The van der Waals surface area contributed by atoms with Crippen molar-refractivity contribution in [1.29, 1.82) is 0 Å². The van der Waals surface area contributed by atoms with Crippen LogP contribution in [0.15, 0.2) is 41.3 Å². The van der Waals surface area contributed by atoms with Gasteiger partial charge in [0.15, 0.2) is 0 Å². The SMILES string of the molecule is Cc1cc(CN2CCCN(C(=O)c3cc4cccn4cn3)CC2)no1. The monoisotopic (exact) mass is 339 g/mol. The zero-order valence-electron chi connectivity index (χ0n) is 14.3. The van der Waals surface area contributed by atoms with Crippen molar-refractivity contribution < 1.29 is 9.32 Å². The lowest BCUT2D eigenvalue weighted by Crippen LogP contribution is -2.35. The fourth-order valence-corrected chi connectivity index (χ4v) is 3.27. The van der Waals surface area contributed by atoms with E-state index in [2.05, 4.69) is 15.0 Å². The normalized spacial score (nSPS) is 16.3. The van der Waals surface area contributed by atoms with Crippen molar-refractivity contribution in [3.05, 3.63) is 53.9 Å². The van der Waals surface area contributed by atoms with Crippen LogP contribution in [0.2, 0.25) is 0 Å². The summed E-state index contributed by atoms with van der Waals surface area (Å²) in [7, 11) is 0. The average Bonchev–Trinajstić information content (AvgIpc) is 3.17. The molecular formula is C18H21N5O2. The smallest absolute Gasteiger partial charge is 0.272 e. The van der Waals surface area contributed by atoms with E-state index in [4.69, 9.17) is 4.52 Å². The summed E-state index contributed by atoms with van der Waals surface area (Å²) in [6, 6.07) is 7.73. The Bertz CT molecular complexity index is 884. The van der Waals surface area contributed by atoms with Crippen molar-refractivity contribution in [3.8, 4) is 0 Å². The number of hydrogen-bond donors (Lipinski definition) is 0. The summed E-state index contributed by atoms with van der Waals surface area (Å²) >= 11 is 0. The molecule has 1 fully saturated rings. The van der Waals surface area contributed by atoms with E-state index in [9.17, 15) is 4.79 Å². The van der Waals surface area contributed by atoms with E-state index in [0.29, 0.717) is 12.2 Å². The molecule has 1 aliphatic heterocycles. The summed E-state index contributed by atoms with van der Waals surface area (Å²) in [6.45, 7) is 5.87. The summed E-state index contributed by atoms with van der Waals surface area (Å²) < 4.78 is 7.04. The number of aryl methyl sites for hydroxylation is 1.